The van der Waals surface area contributed by atoms with Gasteiger partial charge in [-0.25, -0.2) is 9.78 Å². The van der Waals surface area contributed by atoms with Crippen molar-refractivity contribution < 1.29 is 14.3 Å². The van der Waals surface area contributed by atoms with Crippen molar-refractivity contribution in [2.75, 3.05) is 32.8 Å². The Morgan fingerprint density at radius 1 is 1.38 bits per heavy atom. The van der Waals surface area contributed by atoms with Gasteiger partial charge in [0.1, 0.15) is 5.01 Å². The number of likely N-dealkylation sites (tertiary alicyclic amines) is 2. The van der Waals surface area contributed by atoms with E-state index < -0.39 is 0 Å². The predicted molar refractivity (Wildman–Crippen MR) is 97.8 cm³/mol. The lowest BCUT2D eigenvalue weighted by molar-refractivity contribution is -0.130. The minimum atomic E-state index is -0.0201. The molecular weight excluding hydrogens is 352 g/mol. The van der Waals surface area contributed by atoms with Gasteiger partial charge in [0.25, 0.3) is 0 Å². The van der Waals surface area contributed by atoms with Crippen molar-refractivity contribution in [3.63, 3.8) is 0 Å². The average molecular weight is 378 g/mol. The maximum atomic E-state index is 12.5. The molecule has 1 aromatic heterocycles. The molecule has 2 atom stereocenters. The Morgan fingerprint density at radius 2 is 2.15 bits per heavy atom. The van der Waals surface area contributed by atoms with E-state index in [1.54, 1.807) is 18.3 Å². The third-order valence-electron chi connectivity index (χ3n) is 6.23. The molecule has 0 radical (unpaired) electrons. The van der Waals surface area contributed by atoms with Crippen LogP contribution in [-0.4, -0.2) is 65.6 Å². The first-order chi connectivity index (χ1) is 12.5. The fourth-order valence-electron chi connectivity index (χ4n) is 4.78. The van der Waals surface area contributed by atoms with Gasteiger partial charge in [-0.15, -0.1) is 11.3 Å². The number of carbonyl (C=O) groups is 2. The van der Waals surface area contributed by atoms with Gasteiger partial charge in [0, 0.05) is 43.5 Å². The van der Waals surface area contributed by atoms with Gasteiger partial charge in [0.05, 0.1) is 25.8 Å². The van der Waals surface area contributed by atoms with E-state index in [1.165, 1.54) is 0 Å². The topological polar surface area (TPSA) is 74.8 Å². The van der Waals surface area contributed by atoms with Crippen molar-refractivity contribution in [2.45, 2.75) is 39.3 Å². The number of amides is 3. The van der Waals surface area contributed by atoms with Crippen LogP contribution in [-0.2, 0) is 16.1 Å². The van der Waals surface area contributed by atoms with Crippen LogP contribution in [0.2, 0.25) is 0 Å². The summed E-state index contributed by atoms with van der Waals surface area (Å²) in [5.74, 6) is 0.552. The van der Waals surface area contributed by atoms with Gasteiger partial charge < -0.3 is 19.9 Å². The number of carbonyl (C=O) groups excluding carboxylic acids is 2. The van der Waals surface area contributed by atoms with E-state index in [0.717, 1.165) is 49.8 Å². The monoisotopic (exact) mass is 378 g/mol. The summed E-state index contributed by atoms with van der Waals surface area (Å²) in [6.07, 6.45) is 1.87. The lowest BCUT2D eigenvalue weighted by Crippen LogP contribution is -2.49. The number of aromatic nitrogens is 1. The Bertz CT molecular complexity index is 698. The highest BCUT2D eigenvalue weighted by Crippen LogP contribution is 2.50. The van der Waals surface area contributed by atoms with Crippen LogP contribution in [0, 0.1) is 18.3 Å². The molecule has 1 N–H and O–H groups in total. The zero-order valence-electron chi connectivity index (χ0n) is 15.4. The highest BCUT2D eigenvalue weighted by atomic mass is 32.1. The highest BCUT2D eigenvalue weighted by Gasteiger charge is 2.56. The van der Waals surface area contributed by atoms with Crippen molar-refractivity contribution in [2.24, 2.45) is 11.3 Å². The number of nitrogens with zero attached hydrogens (tertiary/aromatic N) is 3. The molecule has 8 heteroatoms. The predicted octanol–water partition coefficient (Wildman–Crippen LogP) is 1.62. The molecular formula is C18H26N4O3S. The third-order valence-corrected chi connectivity index (χ3v) is 7.20. The fourth-order valence-corrected chi connectivity index (χ4v) is 5.50. The summed E-state index contributed by atoms with van der Waals surface area (Å²) < 4.78 is 5.69. The zero-order chi connectivity index (χ0) is 18.3. The average Bonchev–Trinajstić information content (AvgIpc) is 3.32. The second-order valence-electron chi connectivity index (χ2n) is 7.75. The summed E-state index contributed by atoms with van der Waals surface area (Å²) in [5, 5.41) is 5.91. The van der Waals surface area contributed by atoms with Gasteiger partial charge in [-0.2, -0.15) is 0 Å². The Morgan fingerprint density at radius 3 is 2.81 bits per heavy atom. The quantitative estimate of drug-likeness (QED) is 0.849. The summed E-state index contributed by atoms with van der Waals surface area (Å²) in [5.41, 5.74) is 1.10. The molecule has 142 valence electrons. The number of ether oxygens (including phenoxy) is 1. The van der Waals surface area contributed by atoms with Gasteiger partial charge in [-0.3, -0.25) is 4.79 Å². The molecule has 3 amide bonds. The molecule has 26 heavy (non-hydrogen) atoms. The van der Waals surface area contributed by atoms with Crippen molar-refractivity contribution in [3.8, 4) is 0 Å². The largest absolute Gasteiger partial charge is 0.379 e. The smallest absolute Gasteiger partial charge is 0.317 e. The van der Waals surface area contributed by atoms with Crippen LogP contribution in [0.25, 0.3) is 0 Å². The molecule has 0 aromatic carbocycles. The third kappa shape index (κ3) is 3.09. The van der Waals surface area contributed by atoms with Crippen molar-refractivity contribution >= 4 is 23.3 Å². The van der Waals surface area contributed by atoms with Crippen molar-refractivity contribution in [3.05, 3.63) is 16.1 Å². The second kappa shape index (κ2) is 6.81. The molecule has 3 saturated heterocycles. The lowest BCUT2D eigenvalue weighted by atomic mass is 9.70. The molecule has 0 aliphatic carbocycles. The molecule has 0 unspecified atom stereocenters. The first kappa shape index (κ1) is 17.7. The van der Waals surface area contributed by atoms with E-state index in [0.29, 0.717) is 19.1 Å². The molecule has 3 aliphatic heterocycles. The minimum absolute atomic E-state index is 0.0201. The summed E-state index contributed by atoms with van der Waals surface area (Å²) in [7, 11) is 0. The van der Waals surface area contributed by atoms with Gasteiger partial charge in [0.2, 0.25) is 5.91 Å². The van der Waals surface area contributed by atoms with E-state index in [1.807, 2.05) is 22.1 Å². The van der Waals surface area contributed by atoms with Gasteiger partial charge in [-0.1, -0.05) is 0 Å². The number of rotatable bonds is 2. The van der Waals surface area contributed by atoms with Gasteiger partial charge in [-0.05, 0) is 25.2 Å². The summed E-state index contributed by atoms with van der Waals surface area (Å²) in [6.45, 7) is 7.77. The minimum Gasteiger partial charge on any atom is -0.379 e. The lowest BCUT2D eigenvalue weighted by Gasteiger charge is -2.41. The van der Waals surface area contributed by atoms with Crippen molar-refractivity contribution in [1.29, 1.82) is 0 Å². The van der Waals surface area contributed by atoms with Gasteiger partial charge >= 0.3 is 6.03 Å². The van der Waals surface area contributed by atoms with Crippen LogP contribution in [0.3, 0.4) is 0 Å². The number of hydrogen-bond donors (Lipinski definition) is 1. The second-order valence-corrected chi connectivity index (χ2v) is 8.69. The number of aryl methyl sites for hydroxylation is 1. The normalized spacial score (nSPS) is 27.0. The number of hydrogen-bond acceptors (Lipinski definition) is 5. The number of nitrogens with one attached hydrogen (secondary N) is 1. The Hall–Kier alpha value is -1.67. The van der Waals surface area contributed by atoms with Crippen LogP contribution in [0.4, 0.5) is 4.79 Å². The SMILES string of the molecule is CC(=O)N1CC2(CCN(C(=O)NCc3nc(C)cs3)CC2)[C@H]2COC[C@H]21. The molecule has 4 rings (SSSR count). The first-order valence-corrected chi connectivity index (χ1v) is 10.2. The van der Waals surface area contributed by atoms with E-state index in [4.69, 9.17) is 4.74 Å². The summed E-state index contributed by atoms with van der Waals surface area (Å²) >= 11 is 1.57. The van der Waals surface area contributed by atoms with Crippen LogP contribution < -0.4 is 5.32 Å². The number of urea groups is 1. The van der Waals surface area contributed by atoms with E-state index in [-0.39, 0.29) is 23.4 Å². The summed E-state index contributed by atoms with van der Waals surface area (Å²) in [4.78, 5) is 32.8. The summed E-state index contributed by atoms with van der Waals surface area (Å²) in [6, 6.07) is 0.203. The Kier molecular flexibility index (Phi) is 4.64. The standard InChI is InChI=1S/C18H26N4O3S/c1-12-10-26-16(20-12)7-19-17(24)21-5-3-18(4-6-21)11-22(13(2)23)15-9-25-8-14(15)18/h10,14-15H,3-9,11H2,1-2H3,(H,19,24)/t14-,15+/m0/s1. The van der Waals surface area contributed by atoms with Crippen LogP contribution >= 0.6 is 11.3 Å². The van der Waals surface area contributed by atoms with E-state index in [9.17, 15) is 9.59 Å². The fraction of sp³-hybridized carbons (Fsp3) is 0.722. The highest BCUT2D eigenvalue weighted by molar-refractivity contribution is 7.09. The number of thiazole rings is 1. The molecule has 1 spiro atoms. The maximum Gasteiger partial charge on any atom is 0.317 e. The molecule has 1 aromatic rings. The Balaban J connectivity index is 1.35. The zero-order valence-corrected chi connectivity index (χ0v) is 16.2. The first-order valence-electron chi connectivity index (χ1n) is 9.27. The van der Waals surface area contributed by atoms with Gasteiger partial charge in [0.15, 0.2) is 0 Å². The molecule has 0 saturated carbocycles. The molecule has 3 fully saturated rings. The van der Waals surface area contributed by atoms with E-state index >= 15 is 0 Å². The van der Waals surface area contributed by atoms with Crippen molar-refractivity contribution in [1.82, 2.24) is 20.1 Å². The maximum absolute atomic E-state index is 12.5. The van der Waals surface area contributed by atoms with Crippen LogP contribution in [0.5, 0.6) is 0 Å². The van der Waals surface area contributed by atoms with Crippen LogP contribution in [0.15, 0.2) is 5.38 Å². The van der Waals surface area contributed by atoms with Crippen LogP contribution in [0.1, 0.15) is 30.5 Å². The number of piperidine rings is 1. The van der Waals surface area contributed by atoms with E-state index in [2.05, 4.69) is 10.3 Å². The molecule has 7 nitrogen and oxygen atoms in total. The molecule has 0 bridgehead atoms. The Labute approximate surface area is 157 Å². The molecule has 3 aliphatic rings. The molecule has 4 heterocycles. The number of fused-ring (bicyclic) bond motifs is 2.